The van der Waals surface area contributed by atoms with Crippen molar-refractivity contribution in [3.63, 3.8) is 0 Å². The van der Waals surface area contributed by atoms with Crippen molar-refractivity contribution in [3.8, 4) is 33.4 Å². The minimum atomic E-state index is 1.04. The Morgan fingerprint density at radius 1 is 0.441 bits per heavy atom. The molecule has 0 saturated heterocycles. The summed E-state index contributed by atoms with van der Waals surface area (Å²) in [6.45, 7) is 4.32. The normalized spacial score (nSPS) is 11.2. The number of hydrogen-bond acceptors (Lipinski definition) is 1. The number of rotatable bonds is 3. The highest BCUT2D eigenvalue weighted by Gasteiger charge is 2.07. The summed E-state index contributed by atoms with van der Waals surface area (Å²) in [4.78, 5) is 4.61. The zero-order chi connectivity index (χ0) is 23.1. The minimum Gasteiger partial charge on any atom is -0.256 e. The minimum absolute atomic E-state index is 1.04. The van der Waals surface area contributed by atoms with Crippen molar-refractivity contribution < 1.29 is 0 Å². The maximum atomic E-state index is 4.61. The molecule has 6 rings (SSSR count). The third kappa shape index (κ3) is 3.76. The molecular formula is C33H25N. The van der Waals surface area contributed by atoms with Crippen molar-refractivity contribution in [2.45, 2.75) is 13.8 Å². The fraction of sp³-hybridized carbons (Fsp3) is 0.0606. The number of pyridine rings is 1. The standard InChI is InChI=1S/C33H25N/c1-22-17-23(2)19-31(18-22)30-15-14-28-20-27(12-13-29(28)21-30)24-8-10-25(11-9-24)32-7-3-5-26-6-4-16-34-33(26)32/h3-21H,1-2H3. The molecule has 0 radical (unpaired) electrons. The predicted molar refractivity (Wildman–Crippen MR) is 145 cm³/mol. The Bertz CT molecular complexity index is 1630. The van der Waals surface area contributed by atoms with Crippen LogP contribution < -0.4 is 0 Å². The van der Waals surface area contributed by atoms with E-state index in [1.54, 1.807) is 0 Å². The van der Waals surface area contributed by atoms with Gasteiger partial charge in [0, 0.05) is 17.1 Å². The van der Waals surface area contributed by atoms with Crippen LogP contribution in [0.5, 0.6) is 0 Å². The second kappa shape index (κ2) is 8.28. The van der Waals surface area contributed by atoms with Gasteiger partial charge in [0.2, 0.25) is 0 Å². The lowest BCUT2D eigenvalue weighted by molar-refractivity contribution is 1.38. The van der Waals surface area contributed by atoms with Gasteiger partial charge in [0.05, 0.1) is 5.52 Å². The molecule has 5 aromatic carbocycles. The van der Waals surface area contributed by atoms with Crippen molar-refractivity contribution in [1.29, 1.82) is 0 Å². The molecule has 0 fully saturated rings. The molecule has 0 bridgehead atoms. The highest BCUT2D eigenvalue weighted by atomic mass is 14.6. The average Bonchev–Trinajstić information content (AvgIpc) is 2.87. The Kier molecular flexibility index (Phi) is 4.96. The smallest absolute Gasteiger partial charge is 0.0780 e. The molecule has 0 unspecified atom stereocenters. The molecule has 0 saturated carbocycles. The van der Waals surface area contributed by atoms with Gasteiger partial charge in [0.25, 0.3) is 0 Å². The predicted octanol–water partition coefficient (Wildman–Crippen LogP) is 9.01. The molecule has 1 aromatic heterocycles. The van der Waals surface area contributed by atoms with E-state index in [2.05, 4.69) is 122 Å². The van der Waals surface area contributed by atoms with Gasteiger partial charge in [-0.2, -0.15) is 0 Å². The first-order valence-corrected chi connectivity index (χ1v) is 11.7. The van der Waals surface area contributed by atoms with Crippen LogP contribution in [-0.2, 0) is 0 Å². The first-order valence-electron chi connectivity index (χ1n) is 11.7. The molecule has 0 aliphatic rings. The van der Waals surface area contributed by atoms with E-state index in [0.717, 1.165) is 5.52 Å². The zero-order valence-electron chi connectivity index (χ0n) is 19.4. The third-order valence-electron chi connectivity index (χ3n) is 6.56. The van der Waals surface area contributed by atoms with Crippen LogP contribution in [0.15, 0.2) is 115 Å². The van der Waals surface area contributed by atoms with Gasteiger partial charge < -0.3 is 0 Å². The van der Waals surface area contributed by atoms with Gasteiger partial charge in [-0.25, -0.2) is 0 Å². The Morgan fingerprint density at radius 3 is 1.74 bits per heavy atom. The van der Waals surface area contributed by atoms with E-state index >= 15 is 0 Å². The first-order chi connectivity index (χ1) is 16.6. The Morgan fingerprint density at radius 2 is 1.03 bits per heavy atom. The summed E-state index contributed by atoms with van der Waals surface area (Å²) in [6.07, 6.45) is 1.86. The van der Waals surface area contributed by atoms with Crippen molar-refractivity contribution in [3.05, 3.63) is 127 Å². The third-order valence-corrected chi connectivity index (χ3v) is 6.56. The van der Waals surface area contributed by atoms with Crippen LogP contribution in [0.25, 0.3) is 55.1 Å². The number of benzene rings is 5. The highest BCUT2D eigenvalue weighted by Crippen LogP contribution is 2.32. The number of nitrogens with zero attached hydrogens (tertiary/aromatic N) is 1. The summed E-state index contributed by atoms with van der Waals surface area (Å²) in [5, 5.41) is 3.69. The molecule has 1 heteroatoms. The largest absolute Gasteiger partial charge is 0.256 e. The summed E-state index contributed by atoms with van der Waals surface area (Å²) in [5.41, 5.74) is 11.0. The van der Waals surface area contributed by atoms with Gasteiger partial charge in [-0.1, -0.05) is 102 Å². The summed E-state index contributed by atoms with van der Waals surface area (Å²) >= 11 is 0. The van der Waals surface area contributed by atoms with Crippen LogP contribution in [0.1, 0.15) is 11.1 Å². The SMILES string of the molecule is Cc1cc(C)cc(-c2ccc3cc(-c4ccc(-c5cccc6cccnc56)cc4)ccc3c2)c1. The number of aromatic nitrogens is 1. The molecule has 6 aromatic rings. The van der Waals surface area contributed by atoms with E-state index in [1.807, 2.05) is 12.3 Å². The maximum absolute atomic E-state index is 4.61. The second-order valence-electron chi connectivity index (χ2n) is 9.11. The van der Waals surface area contributed by atoms with Crippen molar-refractivity contribution in [1.82, 2.24) is 4.98 Å². The fourth-order valence-corrected chi connectivity index (χ4v) is 4.93. The number of hydrogen-bond donors (Lipinski definition) is 0. The van der Waals surface area contributed by atoms with E-state index in [9.17, 15) is 0 Å². The van der Waals surface area contributed by atoms with E-state index in [-0.39, 0.29) is 0 Å². The van der Waals surface area contributed by atoms with Crippen molar-refractivity contribution in [2.24, 2.45) is 0 Å². The van der Waals surface area contributed by atoms with E-state index in [1.165, 1.54) is 60.7 Å². The molecule has 0 amide bonds. The molecule has 0 N–H and O–H groups in total. The summed E-state index contributed by atoms with van der Waals surface area (Å²) < 4.78 is 0. The number of fused-ring (bicyclic) bond motifs is 2. The molecule has 0 spiro atoms. The van der Waals surface area contributed by atoms with Gasteiger partial charge >= 0.3 is 0 Å². The lowest BCUT2D eigenvalue weighted by Gasteiger charge is -2.10. The zero-order valence-corrected chi connectivity index (χ0v) is 19.4. The quantitative estimate of drug-likeness (QED) is 0.270. The van der Waals surface area contributed by atoms with Gasteiger partial charge in [-0.05, 0) is 70.6 Å². The highest BCUT2D eigenvalue weighted by molar-refractivity contribution is 5.94. The van der Waals surface area contributed by atoms with E-state index < -0.39 is 0 Å². The lowest BCUT2D eigenvalue weighted by Crippen LogP contribution is -1.86. The van der Waals surface area contributed by atoms with Crippen molar-refractivity contribution >= 4 is 21.7 Å². The summed E-state index contributed by atoms with van der Waals surface area (Å²) in [5.74, 6) is 0. The molecule has 34 heavy (non-hydrogen) atoms. The molecule has 0 aliphatic heterocycles. The first kappa shape index (κ1) is 20.4. The summed E-state index contributed by atoms with van der Waals surface area (Å²) in [7, 11) is 0. The van der Waals surface area contributed by atoms with Crippen LogP contribution in [0.4, 0.5) is 0 Å². The van der Waals surface area contributed by atoms with Crippen LogP contribution >= 0.6 is 0 Å². The molecule has 1 heterocycles. The van der Waals surface area contributed by atoms with Gasteiger partial charge in [0.1, 0.15) is 0 Å². The van der Waals surface area contributed by atoms with E-state index in [4.69, 9.17) is 0 Å². The molecule has 0 atom stereocenters. The number of aryl methyl sites for hydroxylation is 2. The van der Waals surface area contributed by atoms with Crippen LogP contribution in [0.3, 0.4) is 0 Å². The Labute approximate surface area is 200 Å². The number of para-hydroxylation sites is 1. The Balaban J connectivity index is 1.34. The molecule has 0 aliphatic carbocycles. The Hall–Kier alpha value is -4.23. The van der Waals surface area contributed by atoms with Gasteiger partial charge in [-0.15, -0.1) is 0 Å². The molecule has 1 nitrogen and oxygen atoms in total. The van der Waals surface area contributed by atoms with Crippen LogP contribution in [-0.4, -0.2) is 4.98 Å². The average molecular weight is 436 g/mol. The lowest BCUT2D eigenvalue weighted by atomic mass is 9.95. The van der Waals surface area contributed by atoms with Crippen LogP contribution in [0, 0.1) is 13.8 Å². The monoisotopic (exact) mass is 435 g/mol. The molecular weight excluding hydrogens is 410 g/mol. The molecule has 162 valence electrons. The topological polar surface area (TPSA) is 12.9 Å². The van der Waals surface area contributed by atoms with Gasteiger partial charge in [0.15, 0.2) is 0 Å². The van der Waals surface area contributed by atoms with E-state index in [0.29, 0.717) is 0 Å². The second-order valence-corrected chi connectivity index (χ2v) is 9.11. The van der Waals surface area contributed by atoms with Crippen LogP contribution in [0.2, 0.25) is 0 Å². The van der Waals surface area contributed by atoms with Crippen molar-refractivity contribution in [2.75, 3.05) is 0 Å². The maximum Gasteiger partial charge on any atom is 0.0780 e. The summed E-state index contributed by atoms with van der Waals surface area (Å²) in [6, 6.07) is 39.5. The fourth-order valence-electron chi connectivity index (χ4n) is 4.93. The van der Waals surface area contributed by atoms with Gasteiger partial charge in [-0.3, -0.25) is 4.98 Å².